The summed E-state index contributed by atoms with van der Waals surface area (Å²) in [5, 5.41) is 11.1. The summed E-state index contributed by atoms with van der Waals surface area (Å²) in [6.45, 7) is 18.4. The molecule has 6 unspecified atom stereocenters. The zero-order valence-electron chi connectivity index (χ0n) is 21.8. The van der Waals surface area contributed by atoms with E-state index in [4.69, 9.17) is 13.9 Å². The Labute approximate surface area is 197 Å². The van der Waals surface area contributed by atoms with Crippen LogP contribution in [0.15, 0.2) is 0 Å². The zero-order valence-corrected chi connectivity index (χ0v) is 22.8. The second-order valence-electron chi connectivity index (χ2n) is 14.2. The third-order valence-electron chi connectivity index (χ3n) is 11.0. The Hall–Kier alpha value is 0.0569. The quantitative estimate of drug-likeness (QED) is 0.499. The molecule has 10 atom stereocenters. The fourth-order valence-electron chi connectivity index (χ4n) is 8.41. The SMILES string of the molecule is CC1(C)OC2C3C[C@@H](O[Si](C)(C)C(C)(C)C)CCC3C3CC[C@@]4(C)C(CC[C@@H]4O)C3[C@H]2O1. The molecule has 32 heavy (non-hydrogen) atoms. The number of aliphatic hydroxyl groups excluding tert-OH is 1. The lowest BCUT2D eigenvalue weighted by Crippen LogP contribution is -2.60. The van der Waals surface area contributed by atoms with E-state index in [1.54, 1.807) is 0 Å². The summed E-state index contributed by atoms with van der Waals surface area (Å²) in [5.41, 5.74) is 0.0668. The first kappa shape index (κ1) is 23.8. The summed E-state index contributed by atoms with van der Waals surface area (Å²) in [6.07, 6.45) is 8.71. The molecule has 4 nitrogen and oxygen atoms in total. The van der Waals surface area contributed by atoms with E-state index in [2.05, 4.69) is 54.6 Å². The predicted molar refractivity (Wildman–Crippen MR) is 130 cm³/mol. The van der Waals surface area contributed by atoms with Crippen molar-refractivity contribution < 1.29 is 19.0 Å². The van der Waals surface area contributed by atoms with Crippen LogP contribution in [0.3, 0.4) is 0 Å². The highest BCUT2D eigenvalue weighted by atomic mass is 28.4. The molecule has 0 aromatic carbocycles. The Kier molecular flexibility index (Phi) is 5.59. The lowest BCUT2D eigenvalue weighted by Gasteiger charge is -2.58. The second kappa shape index (κ2) is 7.53. The third-order valence-corrected chi connectivity index (χ3v) is 15.6. The van der Waals surface area contributed by atoms with Gasteiger partial charge in [-0.3, -0.25) is 0 Å². The molecule has 5 rings (SSSR count). The molecule has 1 saturated heterocycles. The summed E-state index contributed by atoms with van der Waals surface area (Å²) in [5.74, 6) is 2.59. The standard InChI is InChI=1S/C27H48O4Si/c1-25(2,3)32(7,8)31-16-9-10-17-18-13-14-27(6)20(11-12-21(27)28)22(18)24-23(19(17)15-16)29-26(4,5)30-24/h16-24,28H,9-15H2,1-8H3/t16-,17?,18?,19?,20?,21-,22?,23?,24+,27-/m0/s1. The maximum absolute atomic E-state index is 10.9. The van der Waals surface area contributed by atoms with Crippen molar-refractivity contribution in [2.75, 3.05) is 0 Å². The molecule has 5 heteroatoms. The number of hydrogen-bond acceptors (Lipinski definition) is 4. The van der Waals surface area contributed by atoms with Crippen LogP contribution in [-0.2, 0) is 13.9 Å². The van der Waals surface area contributed by atoms with Gasteiger partial charge in [0.15, 0.2) is 14.1 Å². The van der Waals surface area contributed by atoms with Gasteiger partial charge in [0.25, 0.3) is 0 Å². The van der Waals surface area contributed by atoms with Gasteiger partial charge in [-0.25, -0.2) is 0 Å². The van der Waals surface area contributed by atoms with Gasteiger partial charge in [0.2, 0.25) is 0 Å². The molecule has 184 valence electrons. The Balaban J connectivity index is 1.42. The number of ether oxygens (including phenoxy) is 2. The third kappa shape index (κ3) is 3.59. The lowest BCUT2D eigenvalue weighted by atomic mass is 9.49. The van der Waals surface area contributed by atoms with Crippen molar-refractivity contribution >= 4 is 8.32 Å². The Morgan fingerprint density at radius 2 is 1.56 bits per heavy atom. The molecule has 1 aliphatic heterocycles. The lowest BCUT2D eigenvalue weighted by molar-refractivity contribution is -0.162. The van der Waals surface area contributed by atoms with Crippen molar-refractivity contribution in [1.29, 1.82) is 0 Å². The Bertz CT molecular complexity index is 730. The van der Waals surface area contributed by atoms with E-state index >= 15 is 0 Å². The first-order valence-corrected chi connectivity index (χ1v) is 16.4. The normalized spacial score (nSPS) is 50.3. The van der Waals surface area contributed by atoms with Crippen LogP contribution in [0.4, 0.5) is 0 Å². The average molecular weight is 465 g/mol. The van der Waals surface area contributed by atoms with Crippen molar-refractivity contribution in [3.05, 3.63) is 0 Å². The van der Waals surface area contributed by atoms with Crippen LogP contribution in [0.1, 0.15) is 86.5 Å². The highest BCUT2D eigenvalue weighted by Gasteiger charge is 2.65. The van der Waals surface area contributed by atoms with Crippen molar-refractivity contribution in [3.63, 3.8) is 0 Å². The predicted octanol–water partition coefficient (Wildman–Crippen LogP) is 6.13. The van der Waals surface area contributed by atoms with Gasteiger partial charge >= 0.3 is 0 Å². The van der Waals surface area contributed by atoms with E-state index < -0.39 is 14.1 Å². The second-order valence-corrected chi connectivity index (χ2v) is 18.9. The molecule has 0 amide bonds. The Morgan fingerprint density at radius 3 is 2.25 bits per heavy atom. The van der Waals surface area contributed by atoms with Gasteiger partial charge in [0.1, 0.15) is 0 Å². The number of rotatable bonds is 2. The molecular formula is C27H48O4Si. The smallest absolute Gasteiger partial charge is 0.192 e. The molecule has 4 saturated carbocycles. The average Bonchev–Trinajstić information content (AvgIpc) is 3.16. The fraction of sp³-hybridized carbons (Fsp3) is 1.00. The molecule has 5 fully saturated rings. The van der Waals surface area contributed by atoms with Crippen LogP contribution < -0.4 is 0 Å². The van der Waals surface area contributed by atoms with Gasteiger partial charge < -0.3 is 19.0 Å². The van der Waals surface area contributed by atoms with Crippen molar-refractivity contribution in [2.24, 2.45) is 35.0 Å². The molecule has 0 aromatic heterocycles. The minimum atomic E-state index is -1.78. The molecule has 1 heterocycles. The number of fused-ring (bicyclic) bond motifs is 8. The summed E-state index contributed by atoms with van der Waals surface area (Å²) in [7, 11) is -1.78. The molecular weight excluding hydrogens is 416 g/mol. The largest absolute Gasteiger partial charge is 0.414 e. The van der Waals surface area contributed by atoms with E-state index in [-0.39, 0.29) is 28.8 Å². The molecule has 0 spiro atoms. The molecule has 0 aromatic rings. The highest BCUT2D eigenvalue weighted by molar-refractivity contribution is 6.74. The summed E-state index contributed by atoms with van der Waals surface area (Å²) in [6, 6.07) is 0. The van der Waals surface area contributed by atoms with E-state index in [0.717, 1.165) is 31.1 Å². The summed E-state index contributed by atoms with van der Waals surface area (Å²) >= 11 is 0. The van der Waals surface area contributed by atoms with Gasteiger partial charge in [-0.2, -0.15) is 0 Å². The first-order chi connectivity index (χ1) is 14.7. The minimum Gasteiger partial charge on any atom is -0.414 e. The molecule has 5 aliphatic rings. The van der Waals surface area contributed by atoms with Crippen LogP contribution in [0.2, 0.25) is 18.1 Å². The topological polar surface area (TPSA) is 47.9 Å². The number of hydrogen-bond donors (Lipinski definition) is 1. The van der Waals surface area contributed by atoms with Crippen LogP contribution in [0.5, 0.6) is 0 Å². The van der Waals surface area contributed by atoms with Crippen molar-refractivity contribution in [1.82, 2.24) is 0 Å². The van der Waals surface area contributed by atoms with Gasteiger partial charge in [0.05, 0.1) is 18.3 Å². The number of aliphatic hydroxyl groups is 1. The molecule has 1 N–H and O–H groups in total. The zero-order chi connectivity index (χ0) is 23.3. The van der Waals surface area contributed by atoms with Crippen LogP contribution in [-0.4, -0.2) is 43.6 Å². The van der Waals surface area contributed by atoms with Gasteiger partial charge in [-0.15, -0.1) is 0 Å². The van der Waals surface area contributed by atoms with E-state index in [0.29, 0.717) is 23.9 Å². The Morgan fingerprint density at radius 1 is 0.875 bits per heavy atom. The van der Waals surface area contributed by atoms with Crippen molar-refractivity contribution in [3.8, 4) is 0 Å². The monoisotopic (exact) mass is 464 g/mol. The molecule has 0 bridgehead atoms. The maximum atomic E-state index is 10.9. The van der Waals surface area contributed by atoms with Gasteiger partial charge in [-0.05, 0) is 112 Å². The summed E-state index contributed by atoms with van der Waals surface area (Å²) in [4.78, 5) is 0. The van der Waals surface area contributed by atoms with Crippen molar-refractivity contribution in [2.45, 2.75) is 135 Å². The fourth-order valence-corrected chi connectivity index (χ4v) is 9.81. The maximum Gasteiger partial charge on any atom is 0.192 e. The van der Waals surface area contributed by atoms with Gasteiger partial charge in [-0.1, -0.05) is 27.7 Å². The molecule has 0 radical (unpaired) electrons. The van der Waals surface area contributed by atoms with Gasteiger partial charge in [0, 0.05) is 6.10 Å². The first-order valence-electron chi connectivity index (χ1n) is 13.4. The van der Waals surface area contributed by atoms with Crippen LogP contribution >= 0.6 is 0 Å². The van der Waals surface area contributed by atoms with E-state index in [1.165, 1.54) is 25.7 Å². The van der Waals surface area contributed by atoms with Crippen LogP contribution in [0.25, 0.3) is 0 Å². The van der Waals surface area contributed by atoms with E-state index in [1.807, 2.05) is 0 Å². The minimum absolute atomic E-state index is 0.0668. The highest BCUT2D eigenvalue weighted by Crippen LogP contribution is 2.65. The molecule has 4 aliphatic carbocycles. The summed E-state index contributed by atoms with van der Waals surface area (Å²) < 4.78 is 20.3. The van der Waals surface area contributed by atoms with E-state index in [9.17, 15) is 5.11 Å². The van der Waals surface area contributed by atoms with Crippen LogP contribution in [0, 0.1) is 35.0 Å².